The molecule has 1 aliphatic carbocycles. The Hall–Kier alpha value is -1.26. The van der Waals surface area contributed by atoms with Gasteiger partial charge in [0.25, 0.3) is 0 Å². The maximum absolute atomic E-state index is 11.9. The van der Waals surface area contributed by atoms with Crippen LogP contribution >= 0.6 is 11.6 Å². The lowest BCUT2D eigenvalue weighted by Crippen LogP contribution is -2.46. The number of hydrogen-bond donors (Lipinski definition) is 3. The molecule has 1 aromatic carbocycles. The molecule has 21 heavy (non-hydrogen) atoms. The molecule has 2 amide bonds. The number of anilines is 1. The number of nitrogens with one attached hydrogen (secondary N) is 2. The van der Waals surface area contributed by atoms with E-state index in [1.54, 1.807) is 24.3 Å². The normalized spacial score (nSPS) is 25.4. The number of carbonyl (C=O) groups excluding carboxylic acids is 1. The van der Waals surface area contributed by atoms with Crippen molar-refractivity contribution in [2.24, 2.45) is 5.92 Å². The van der Waals surface area contributed by atoms with Crippen LogP contribution in [0.4, 0.5) is 10.5 Å². The Morgan fingerprint density at radius 2 is 2.14 bits per heavy atom. The van der Waals surface area contributed by atoms with E-state index < -0.39 is 5.60 Å². The summed E-state index contributed by atoms with van der Waals surface area (Å²) in [6.07, 6.45) is 4.74. The number of amides is 2. The predicted molar refractivity (Wildman–Crippen MR) is 85.7 cm³/mol. The molecule has 1 aromatic rings. The van der Waals surface area contributed by atoms with Gasteiger partial charge in [-0.15, -0.1) is 0 Å². The SMILES string of the molecule is CCC1CCC(O)(CNC(=O)Nc2cccc(Cl)c2)CC1. The lowest BCUT2D eigenvalue weighted by Gasteiger charge is -2.35. The fraction of sp³-hybridized carbons (Fsp3) is 0.562. The zero-order valence-electron chi connectivity index (χ0n) is 12.4. The second-order valence-corrected chi connectivity index (χ2v) is 6.33. The fourth-order valence-corrected chi connectivity index (χ4v) is 2.98. The summed E-state index contributed by atoms with van der Waals surface area (Å²) >= 11 is 5.86. The van der Waals surface area contributed by atoms with Crippen LogP contribution in [-0.4, -0.2) is 23.3 Å². The molecule has 0 unspecified atom stereocenters. The van der Waals surface area contributed by atoms with Crippen LogP contribution in [0.25, 0.3) is 0 Å². The van der Waals surface area contributed by atoms with Gasteiger partial charge < -0.3 is 15.7 Å². The monoisotopic (exact) mass is 310 g/mol. The van der Waals surface area contributed by atoms with Gasteiger partial charge in [0.05, 0.1) is 5.60 Å². The van der Waals surface area contributed by atoms with Crippen LogP contribution in [-0.2, 0) is 0 Å². The van der Waals surface area contributed by atoms with Gasteiger partial charge in [-0.05, 0) is 49.8 Å². The van der Waals surface area contributed by atoms with Crippen molar-refractivity contribution in [1.29, 1.82) is 0 Å². The number of aliphatic hydroxyl groups is 1. The lowest BCUT2D eigenvalue weighted by atomic mass is 9.78. The van der Waals surface area contributed by atoms with E-state index in [1.807, 2.05) is 0 Å². The Balaban J connectivity index is 1.78. The summed E-state index contributed by atoms with van der Waals surface area (Å²) in [6, 6.07) is 6.66. The molecule has 0 heterocycles. The number of benzene rings is 1. The third-order valence-electron chi connectivity index (χ3n) is 4.27. The zero-order valence-corrected chi connectivity index (χ0v) is 13.1. The van der Waals surface area contributed by atoms with Gasteiger partial charge in [0, 0.05) is 17.3 Å². The van der Waals surface area contributed by atoms with Crippen molar-refractivity contribution in [3.63, 3.8) is 0 Å². The van der Waals surface area contributed by atoms with Gasteiger partial charge in [-0.3, -0.25) is 0 Å². The molecule has 0 aromatic heterocycles. The average Bonchev–Trinajstić information content (AvgIpc) is 2.46. The molecule has 0 spiro atoms. The lowest BCUT2D eigenvalue weighted by molar-refractivity contribution is -0.00612. The summed E-state index contributed by atoms with van der Waals surface area (Å²) in [4.78, 5) is 11.9. The molecule has 0 bridgehead atoms. The number of rotatable bonds is 4. The van der Waals surface area contributed by atoms with E-state index in [0.717, 1.165) is 25.7 Å². The molecule has 1 saturated carbocycles. The first-order chi connectivity index (χ1) is 10.0. The minimum absolute atomic E-state index is 0.288. The quantitative estimate of drug-likeness (QED) is 0.792. The predicted octanol–water partition coefficient (Wildman–Crippen LogP) is 3.79. The van der Waals surface area contributed by atoms with Gasteiger partial charge in [-0.25, -0.2) is 4.79 Å². The van der Waals surface area contributed by atoms with Crippen LogP contribution in [0.5, 0.6) is 0 Å². The van der Waals surface area contributed by atoms with E-state index in [2.05, 4.69) is 17.6 Å². The molecule has 5 heteroatoms. The largest absolute Gasteiger partial charge is 0.388 e. The topological polar surface area (TPSA) is 61.4 Å². The van der Waals surface area contributed by atoms with Crippen molar-refractivity contribution < 1.29 is 9.90 Å². The van der Waals surface area contributed by atoms with E-state index in [-0.39, 0.29) is 12.6 Å². The van der Waals surface area contributed by atoms with Gasteiger partial charge >= 0.3 is 6.03 Å². The zero-order chi connectivity index (χ0) is 15.3. The van der Waals surface area contributed by atoms with Crippen molar-refractivity contribution in [3.05, 3.63) is 29.3 Å². The Labute approximate surface area is 130 Å². The smallest absolute Gasteiger partial charge is 0.319 e. The van der Waals surface area contributed by atoms with E-state index in [9.17, 15) is 9.90 Å². The highest BCUT2D eigenvalue weighted by Gasteiger charge is 2.32. The molecule has 1 fully saturated rings. The maximum atomic E-state index is 11.9. The number of carbonyl (C=O) groups is 1. The second-order valence-electron chi connectivity index (χ2n) is 5.89. The summed E-state index contributed by atoms with van der Waals surface area (Å²) in [6.45, 7) is 2.47. The van der Waals surface area contributed by atoms with Gasteiger partial charge in [0.1, 0.15) is 0 Å². The Morgan fingerprint density at radius 3 is 2.76 bits per heavy atom. The second kappa shape index (κ2) is 7.14. The Bertz CT molecular complexity index is 485. The fourth-order valence-electron chi connectivity index (χ4n) is 2.79. The van der Waals surface area contributed by atoms with Crippen molar-refractivity contribution >= 4 is 23.3 Å². The third-order valence-corrected chi connectivity index (χ3v) is 4.51. The standard InChI is InChI=1S/C16H23ClN2O2/c1-2-12-6-8-16(21,9-7-12)11-18-15(20)19-14-5-3-4-13(17)10-14/h3-5,10,12,21H,2,6-9,11H2,1H3,(H2,18,19,20). The number of urea groups is 1. The summed E-state index contributed by atoms with van der Waals surface area (Å²) < 4.78 is 0. The van der Waals surface area contributed by atoms with Crippen LogP contribution in [0.15, 0.2) is 24.3 Å². The van der Waals surface area contributed by atoms with Crippen molar-refractivity contribution in [2.45, 2.75) is 44.6 Å². The number of halogens is 1. The van der Waals surface area contributed by atoms with E-state index in [1.165, 1.54) is 6.42 Å². The molecular formula is C16H23ClN2O2. The van der Waals surface area contributed by atoms with Crippen LogP contribution in [0.1, 0.15) is 39.0 Å². The van der Waals surface area contributed by atoms with Crippen molar-refractivity contribution in [1.82, 2.24) is 5.32 Å². The third kappa shape index (κ3) is 4.90. The van der Waals surface area contributed by atoms with Crippen molar-refractivity contribution in [3.8, 4) is 0 Å². The van der Waals surface area contributed by atoms with Crippen LogP contribution in [0.3, 0.4) is 0 Å². The van der Waals surface area contributed by atoms with E-state index in [0.29, 0.717) is 16.6 Å². The molecular weight excluding hydrogens is 288 g/mol. The highest BCUT2D eigenvalue weighted by atomic mass is 35.5. The molecule has 4 nitrogen and oxygen atoms in total. The average molecular weight is 311 g/mol. The summed E-state index contributed by atoms with van der Waals surface area (Å²) in [7, 11) is 0. The van der Waals surface area contributed by atoms with Gasteiger partial charge in [-0.2, -0.15) is 0 Å². The molecule has 0 saturated heterocycles. The first kappa shape index (κ1) is 16.1. The van der Waals surface area contributed by atoms with Crippen LogP contribution < -0.4 is 10.6 Å². The molecule has 0 aliphatic heterocycles. The Morgan fingerprint density at radius 1 is 1.43 bits per heavy atom. The van der Waals surface area contributed by atoms with Gasteiger partial charge in [0.15, 0.2) is 0 Å². The van der Waals surface area contributed by atoms with Gasteiger partial charge in [-0.1, -0.05) is 31.0 Å². The summed E-state index contributed by atoms with van der Waals surface area (Å²) in [5.74, 6) is 0.713. The van der Waals surface area contributed by atoms with Crippen LogP contribution in [0.2, 0.25) is 5.02 Å². The first-order valence-corrected chi connectivity index (χ1v) is 7.91. The summed E-state index contributed by atoms with van der Waals surface area (Å²) in [5, 5.41) is 16.5. The highest BCUT2D eigenvalue weighted by molar-refractivity contribution is 6.30. The van der Waals surface area contributed by atoms with E-state index in [4.69, 9.17) is 11.6 Å². The van der Waals surface area contributed by atoms with Gasteiger partial charge in [0.2, 0.25) is 0 Å². The first-order valence-electron chi connectivity index (χ1n) is 7.53. The Kier molecular flexibility index (Phi) is 5.48. The molecule has 3 N–H and O–H groups in total. The molecule has 0 radical (unpaired) electrons. The molecule has 2 rings (SSSR count). The minimum atomic E-state index is -0.767. The molecule has 1 aliphatic rings. The van der Waals surface area contributed by atoms with E-state index >= 15 is 0 Å². The molecule has 0 atom stereocenters. The van der Waals surface area contributed by atoms with Crippen LogP contribution in [0, 0.1) is 5.92 Å². The summed E-state index contributed by atoms with van der Waals surface area (Å²) in [5.41, 5.74) is -0.126. The molecule has 116 valence electrons. The highest BCUT2D eigenvalue weighted by Crippen LogP contribution is 2.33. The number of hydrogen-bond acceptors (Lipinski definition) is 2. The van der Waals surface area contributed by atoms with Crippen molar-refractivity contribution in [2.75, 3.05) is 11.9 Å². The minimum Gasteiger partial charge on any atom is -0.388 e. The maximum Gasteiger partial charge on any atom is 0.319 e.